The largest absolute Gasteiger partial charge is 0.508 e. The molecule has 0 saturated carbocycles. The van der Waals surface area contributed by atoms with E-state index >= 15 is 0 Å². The summed E-state index contributed by atoms with van der Waals surface area (Å²) in [6.45, 7) is 0.222. The molecule has 4 rings (SSSR count). The van der Waals surface area contributed by atoms with Crippen LogP contribution in [0.2, 0.25) is 10.0 Å². The van der Waals surface area contributed by atoms with Crippen LogP contribution in [0.4, 0.5) is 0 Å². The van der Waals surface area contributed by atoms with E-state index in [4.69, 9.17) is 38.4 Å². The zero-order valence-electron chi connectivity index (χ0n) is 15.6. The molecule has 0 unspecified atom stereocenters. The number of halogens is 2. The molecular formula is C23H16Cl2N2O3. The Balaban J connectivity index is 1.75. The van der Waals surface area contributed by atoms with E-state index in [-0.39, 0.29) is 23.8 Å². The van der Waals surface area contributed by atoms with Crippen LogP contribution in [0.1, 0.15) is 22.6 Å². The van der Waals surface area contributed by atoms with E-state index in [1.807, 2.05) is 24.3 Å². The number of nitrogens with zero attached hydrogens (tertiary/aromatic N) is 1. The first kappa shape index (κ1) is 20.0. The predicted molar refractivity (Wildman–Crippen MR) is 115 cm³/mol. The maximum atomic E-state index is 9.82. The number of para-hydroxylation sites is 1. The van der Waals surface area contributed by atoms with Crippen LogP contribution in [0.25, 0.3) is 0 Å². The highest BCUT2D eigenvalue weighted by molar-refractivity contribution is 6.35. The summed E-state index contributed by atoms with van der Waals surface area (Å²) in [5.41, 5.74) is 8.52. The van der Waals surface area contributed by atoms with Crippen LogP contribution in [0.15, 0.2) is 72.1 Å². The van der Waals surface area contributed by atoms with E-state index in [1.54, 1.807) is 30.3 Å². The third kappa shape index (κ3) is 3.76. The van der Waals surface area contributed by atoms with Gasteiger partial charge in [-0.3, -0.25) is 0 Å². The maximum Gasteiger partial charge on any atom is 0.205 e. The number of hydrogen-bond acceptors (Lipinski definition) is 5. The lowest BCUT2D eigenvalue weighted by molar-refractivity contribution is 0.301. The Morgan fingerprint density at radius 1 is 1.07 bits per heavy atom. The van der Waals surface area contributed by atoms with Gasteiger partial charge in [0.05, 0.1) is 5.92 Å². The number of nitriles is 1. The lowest BCUT2D eigenvalue weighted by Crippen LogP contribution is -2.21. The molecule has 0 fully saturated rings. The van der Waals surface area contributed by atoms with Crippen LogP contribution in [0.3, 0.4) is 0 Å². The van der Waals surface area contributed by atoms with Crippen molar-refractivity contribution in [2.75, 3.05) is 0 Å². The van der Waals surface area contributed by atoms with Gasteiger partial charge in [-0.1, -0.05) is 53.5 Å². The second-order valence-electron chi connectivity index (χ2n) is 6.71. The molecule has 30 heavy (non-hydrogen) atoms. The SMILES string of the molecule is N#CC1=C(N)Oc2cc(O)ccc2[C@@H]1c1ccccc1OCc1ccc(Cl)cc1Cl. The van der Waals surface area contributed by atoms with Crippen molar-refractivity contribution < 1.29 is 14.6 Å². The molecule has 3 N–H and O–H groups in total. The van der Waals surface area contributed by atoms with Gasteiger partial charge in [-0.2, -0.15) is 5.26 Å². The molecule has 0 saturated heterocycles. The Morgan fingerprint density at radius 2 is 1.87 bits per heavy atom. The van der Waals surface area contributed by atoms with Crippen molar-refractivity contribution >= 4 is 23.2 Å². The van der Waals surface area contributed by atoms with Crippen LogP contribution in [0.5, 0.6) is 17.2 Å². The smallest absolute Gasteiger partial charge is 0.205 e. The Morgan fingerprint density at radius 3 is 2.63 bits per heavy atom. The molecule has 150 valence electrons. The molecule has 5 nitrogen and oxygen atoms in total. The van der Waals surface area contributed by atoms with Crippen molar-refractivity contribution in [3.05, 3.63) is 98.9 Å². The number of allylic oxidation sites excluding steroid dienone is 1. The Kier molecular flexibility index (Phi) is 5.45. The number of fused-ring (bicyclic) bond motifs is 1. The van der Waals surface area contributed by atoms with Crippen molar-refractivity contribution in [3.63, 3.8) is 0 Å². The zero-order valence-corrected chi connectivity index (χ0v) is 17.1. The molecule has 7 heteroatoms. The number of nitrogens with two attached hydrogens (primary N) is 1. The lowest BCUT2D eigenvalue weighted by Gasteiger charge is -2.27. The van der Waals surface area contributed by atoms with Gasteiger partial charge in [0.25, 0.3) is 0 Å². The maximum absolute atomic E-state index is 9.82. The summed E-state index contributed by atoms with van der Waals surface area (Å²) in [7, 11) is 0. The lowest BCUT2D eigenvalue weighted by atomic mass is 9.83. The molecule has 0 aliphatic carbocycles. The highest BCUT2D eigenvalue weighted by Crippen LogP contribution is 2.45. The summed E-state index contributed by atoms with van der Waals surface area (Å²) < 4.78 is 11.6. The molecule has 1 heterocycles. The number of phenols is 1. The van der Waals surface area contributed by atoms with Crippen molar-refractivity contribution in [2.24, 2.45) is 5.73 Å². The number of benzene rings is 3. The fourth-order valence-corrected chi connectivity index (χ4v) is 3.87. The minimum Gasteiger partial charge on any atom is -0.508 e. The Bertz CT molecular complexity index is 1200. The molecule has 0 spiro atoms. The summed E-state index contributed by atoms with van der Waals surface area (Å²) in [4.78, 5) is 0. The molecular weight excluding hydrogens is 423 g/mol. The van der Waals surface area contributed by atoms with Crippen molar-refractivity contribution in [2.45, 2.75) is 12.5 Å². The third-order valence-electron chi connectivity index (χ3n) is 4.83. The average molecular weight is 439 g/mol. The minimum atomic E-state index is -0.503. The highest BCUT2D eigenvalue weighted by atomic mass is 35.5. The summed E-state index contributed by atoms with van der Waals surface area (Å²) in [6, 6.07) is 19.5. The summed E-state index contributed by atoms with van der Waals surface area (Å²) in [6.07, 6.45) is 0. The molecule has 3 aromatic rings. The van der Waals surface area contributed by atoms with Crippen LogP contribution in [-0.2, 0) is 6.61 Å². The van der Waals surface area contributed by atoms with Crippen LogP contribution < -0.4 is 15.2 Å². The summed E-state index contributed by atoms with van der Waals surface area (Å²) >= 11 is 12.2. The number of rotatable bonds is 4. The van der Waals surface area contributed by atoms with E-state index in [0.717, 1.165) is 11.1 Å². The van der Waals surface area contributed by atoms with Gasteiger partial charge in [-0.05, 0) is 24.3 Å². The highest BCUT2D eigenvalue weighted by Gasteiger charge is 2.32. The number of phenolic OH excluding ortho intramolecular Hbond substituents is 1. The van der Waals surface area contributed by atoms with Crippen molar-refractivity contribution in [1.29, 1.82) is 5.26 Å². The van der Waals surface area contributed by atoms with E-state index in [0.29, 0.717) is 27.1 Å². The topological polar surface area (TPSA) is 88.5 Å². The molecule has 0 aromatic heterocycles. The number of ether oxygens (including phenoxy) is 2. The van der Waals surface area contributed by atoms with Crippen molar-refractivity contribution in [1.82, 2.24) is 0 Å². The molecule has 1 atom stereocenters. The molecule has 3 aromatic carbocycles. The van der Waals surface area contributed by atoms with Gasteiger partial charge in [0, 0.05) is 32.8 Å². The van der Waals surface area contributed by atoms with E-state index < -0.39 is 5.92 Å². The van der Waals surface area contributed by atoms with E-state index in [2.05, 4.69) is 6.07 Å². The predicted octanol–water partition coefficient (Wildman–Crippen LogP) is 5.50. The molecule has 1 aliphatic heterocycles. The van der Waals surface area contributed by atoms with Gasteiger partial charge in [0.15, 0.2) is 0 Å². The molecule has 0 radical (unpaired) electrons. The second kappa shape index (κ2) is 8.19. The fraction of sp³-hybridized carbons (Fsp3) is 0.0870. The van der Waals surface area contributed by atoms with Gasteiger partial charge < -0.3 is 20.3 Å². The monoisotopic (exact) mass is 438 g/mol. The zero-order chi connectivity index (χ0) is 21.3. The number of hydrogen-bond donors (Lipinski definition) is 2. The van der Waals surface area contributed by atoms with Gasteiger partial charge >= 0.3 is 0 Å². The normalized spacial score (nSPS) is 15.2. The molecule has 0 amide bonds. The van der Waals surface area contributed by atoms with Gasteiger partial charge in [-0.15, -0.1) is 0 Å². The third-order valence-corrected chi connectivity index (χ3v) is 5.42. The quantitative estimate of drug-likeness (QED) is 0.561. The van der Waals surface area contributed by atoms with E-state index in [1.165, 1.54) is 6.07 Å². The summed E-state index contributed by atoms with van der Waals surface area (Å²) in [5, 5.41) is 20.6. The van der Waals surface area contributed by atoms with Crippen LogP contribution >= 0.6 is 23.2 Å². The van der Waals surface area contributed by atoms with Gasteiger partial charge in [0.1, 0.15) is 35.5 Å². The minimum absolute atomic E-state index is 0.00357. The van der Waals surface area contributed by atoms with Crippen LogP contribution in [0, 0.1) is 11.3 Å². The average Bonchev–Trinajstić information content (AvgIpc) is 2.72. The molecule has 0 bridgehead atoms. The second-order valence-corrected chi connectivity index (χ2v) is 7.55. The molecule has 1 aliphatic rings. The summed E-state index contributed by atoms with van der Waals surface area (Å²) in [5.74, 6) is 0.511. The first-order chi connectivity index (χ1) is 14.5. The standard InChI is InChI=1S/C23H16Cl2N2O3/c24-14-6-5-13(19(25)9-14)12-29-20-4-2-1-3-16(20)22-17-8-7-15(28)10-21(17)30-23(27)18(22)11-26/h1-10,22,28H,12,27H2/t22-/m0/s1. The number of aromatic hydroxyl groups is 1. The first-order valence-electron chi connectivity index (χ1n) is 9.04. The first-order valence-corrected chi connectivity index (χ1v) is 9.79. The Labute approximate surface area is 183 Å². The van der Waals surface area contributed by atoms with Gasteiger partial charge in [0.2, 0.25) is 5.88 Å². The van der Waals surface area contributed by atoms with Gasteiger partial charge in [-0.25, -0.2) is 0 Å². The fourth-order valence-electron chi connectivity index (χ4n) is 3.41. The Hall–Kier alpha value is -3.33. The van der Waals surface area contributed by atoms with Crippen LogP contribution in [-0.4, -0.2) is 5.11 Å². The van der Waals surface area contributed by atoms with E-state index in [9.17, 15) is 10.4 Å². The van der Waals surface area contributed by atoms with Crippen molar-refractivity contribution in [3.8, 4) is 23.3 Å².